The van der Waals surface area contributed by atoms with E-state index in [1.165, 1.54) is 36.4 Å². The van der Waals surface area contributed by atoms with E-state index in [1.807, 2.05) is 0 Å². The third-order valence-corrected chi connectivity index (χ3v) is 3.10. The van der Waals surface area contributed by atoms with Crippen LogP contribution >= 0.6 is 11.6 Å². The average Bonchev–Trinajstić information content (AvgIpc) is 2.46. The smallest absolute Gasteiger partial charge is 0.270 e. The second-order valence-electron chi connectivity index (χ2n) is 4.23. The number of nitrogens with zero attached hydrogens (tertiary/aromatic N) is 1. The Balaban J connectivity index is 2.11. The highest BCUT2D eigenvalue weighted by atomic mass is 35.5. The lowest BCUT2D eigenvalue weighted by atomic mass is 10.1. The number of carbonyl (C=O) groups is 1. The Morgan fingerprint density at radius 1 is 1.24 bits per heavy atom. The van der Waals surface area contributed by atoms with E-state index >= 15 is 0 Å². The summed E-state index contributed by atoms with van der Waals surface area (Å²) >= 11 is 5.87. The maximum atomic E-state index is 12.8. The molecule has 0 aliphatic heterocycles. The van der Waals surface area contributed by atoms with Crippen molar-refractivity contribution in [2.45, 2.75) is 6.54 Å². The Kier molecular flexibility index (Phi) is 4.49. The van der Waals surface area contributed by atoms with Crippen LogP contribution in [-0.4, -0.2) is 10.8 Å². The fourth-order valence-corrected chi connectivity index (χ4v) is 1.88. The van der Waals surface area contributed by atoms with Crippen LogP contribution in [0.4, 0.5) is 10.1 Å². The zero-order valence-corrected chi connectivity index (χ0v) is 11.4. The van der Waals surface area contributed by atoms with Crippen LogP contribution in [0.3, 0.4) is 0 Å². The molecule has 0 spiro atoms. The quantitative estimate of drug-likeness (QED) is 0.695. The second-order valence-corrected chi connectivity index (χ2v) is 4.64. The molecule has 108 valence electrons. The van der Waals surface area contributed by atoms with Crippen molar-refractivity contribution in [1.82, 2.24) is 5.32 Å². The zero-order chi connectivity index (χ0) is 15.4. The van der Waals surface area contributed by atoms with Crippen molar-refractivity contribution < 1.29 is 14.1 Å². The number of rotatable bonds is 4. The first-order chi connectivity index (χ1) is 9.97. The molecular formula is C14H10ClFN2O3. The van der Waals surface area contributed by atoms with Crippen LogP contribution in [0.5, 0.6) is 0 Å². The molecule has 2 aromatic rings. The van der Waals surface area contributed by atoms with E-state index in [0.717, 1.165) is 6.07 Å². The molecule has 5 nitrogen and oxygen atoms in total. The summed E-state index contributed by atoms with van der Waals surface area (Å²) < 4.78 is 12.8. The van der Waals surface area contributed by atoms with Gasteiger partial charge in [-0.15, -0.1) is 0 Å². The average molecular weight is 309 g/mol. The number of nitro groups is 1. The Labute approximate surface area is 124 Å². The third-order valence-electron chi connectivity index (χ3n) is 2.77. The van der Waals surface area contributed by atoms with Crippen molar-refractivity contribution in [3.05, 3.63) is 74.5 Å². The molecule has 0 fully saturated rings. The lowest BCUT2D eigenvalue weighted by Gasteiger charge is -2.07. The van der Waals surface area contributed by atoms with Gasteiger partial charge in [-0.25, -0.2) is 4.39 Å². The van der Waals surface area contributed by atoms with Gasteiger partial charge in [0.05, 0.1) is 15.5 Å². The SMILES string of the molecule is O=C(NCc1ccc(F)cc1)c1cc([N+](=O)[O-])ccc1Cl. The Morgan fingerprint density at radius 2 is 1.90 bits per heavy atom. The number of benzene rings is 2. The van der Waals surface area contributed by atoms with Crippen LogP contribution in [0, 0.1) is 15.9 Å². The van der Waals surface area contributed by atoms with E-state index in [0.29, 0.717) is 5.56 Å². The van der Waals surface area contributed by atoms with Gasteiger partial charge in [-0.3, -0.25) is 14.9 Å². The molecule has 0 aliphatic carbocycles. The highest BCUT2D eigenvalue weighted by molar-refractivity contribution is 6.33. The monoisotopic (exact) mass is 308 g/mol. The molecule has 0 bridgehead atoms. The van der Waals surface area contributed by atoms with Crippen molar-refractivity contribution in [3.63, 3.8) is 0 Å². The highest BCUT2D eigenvalue weighted by Crippen LogP contribution is 2.22. The van der Waals surface area contributed by atoms with Gasteiger partial charge in [-0.2, -0.15) is 0 Å². The minimum Gasteiger partial charge on any atom is -0.348 e. The van der Waals surface area contributed by atoms with Crippen LogP contribution in [-0.2, 0) is 6.54 Å². The maximum Gasteiger partial charge on any atom is 0.270 e. The van der Waals surface area contributed by atoms with Crippen LogP contribution in [0.1, 0.15) is 15.9 Å². The minimum absolute atomic E-state index is 0.0213. The van der Waals surface area contributed by atoms with E-state index in [4.69, 9.17) is 11.6 Å². The Bertz CT molecular complexity index is 689. The largest absolute Gasteiger partial charge is 0.348 e. The number of halogens is 2. The summed E-state index contributed by atoms with van der Waals surface area (Å²) in [5, 5.41) is 13.4. The molecule has 2 rings (SSSR count). The van der Waals surface area contributed by atoms with Crippen LogP contribution in [0.2, 0.25) is 5.02 Å². The molecular weight excluding hydrogens is 299 g/mol. The van der Waals surface area contributed by atoms with Crippen LogP contribution in [0.15, 0.2) is 42.5 Å². The summed E-state index contributed by atoms with van der Waals surface area (Å²) in [6, 6.07) is 9.26. The highest BCUT2D eigenvalue weighted by Gasteiger charge is 2.15. The summed E-state index contributed by atoms with van der Waals surface area (Å²) in [7, 11) is 0. The predicted molar refractivity (Wildman–Crippen MR) is 75.7 cm³/mol. The molecule has 1 amide bonds. The summed E-state index contributed by atoms with van der Waals surface area (Å²) in [4.78, 5) is 22.1. The molecule has 0 radical (unpaired) electrons. The fraction of sp³-hybridized carbons (Fsp3) is 0.0714. The lowest BCUT2D eigenvalue weighted by molar-refractivity contribution is -0.384. The van der Waals surface area contributed by atoms with Crippen LogP contribution < -0.4 is 5.32 Å². The number of hydrogen-bond acceptors (Lipinski definition) is 3. The van der Waals surface area contributed by atoms with Gasteiger partial charge in [0.25, 0.3) is 11.6 Å². The fourth-order valence-electron chi connectivity index (χ4n) is 1.68. The van der Waals surface area contributed by atoms with Crippen molar-refractivity contribution in [1.29, 1.82) is 0 Å². The first-order valence-electron chi connectivity index (χ1n) is 5.94. The molecule has 0 saturated heterocycles. The van der Waals surface area contributed by atoms with Crippen molar-refractivity contribution >= 4 is 23.2 Å². The van der Waals surface area contributed by atoms with Gasteiger partial charge in [0.15, 0.2) is 0 Å². The van der Waals surface area contributed by atoms with E-state index in [-0.39, 0.29) is 28.6 Å². The zero-order valence-electron chi connectivity index (χ0n) is 10.7. The van der Waals surface area contributed by atoms with Gasteiger partial charge in [-0.05, 0) is 23.8 Å². The van der Waals surface area contributed by atoms with Gasteiger partial charge in [0.1, 0.15) is 5.82 Å². The van der Waals surface area contributed by atoms with Gasteiger partial charge in [0, 0.05) is 18.7 Å². The second kappa shape index (κ2) is 6.32. The number of nitrogens with one attached hydrogen (secondary N) is 1. The van der Waals surface area contributed by atoms with Gasteiger partial charge in [-0.1, -0.05) is 23.7 Å². The van der Waals surface area contributed by atoms with Gasteiger partial charge < -0.3 is 5.32 Å². The Morgan fingerprint density at radius 3 is 2.52 bits per heavy atom. The molecule has 0 aliphatic rings. The van der Waals surface area contributed by atoms with Crippen molar-refractivity contribution in [3.8, 4) is 0 Å². The molecule has 0 aromatic heterocycles. The van der Waals surface area contributed by atoms with E-state index in [9.17, 15) is 19.3 Å². The standard InChI is InChI=1S/C14H10ClFN2O3/c15-13-6-5-11(18(20)21)7-12(13)14(19)17-8-9-1-3-10(16)4-2-9/h1-7H,8H2,(H,17,19). The number of amides is 1. The minimum atomic E-state index is -0.604. The molecule has 0 atom stereocenters. The van der Waals surface area contributed by atoms with Gasteiger partial charge in [0.2, 0.25) is 0 Å². The topological polar surface area (TPSA) is 72.2 Å². The van der Waals surface area contributed by atoms with Crippen molar-refractivity contribution in [2.24, 2.45) is 0 Å². The number of nitro benzene ring substituents is 1. The number of hydrogen-bond donors (Lipinski definition) is 1. The molecule has 21 heavy (non-hydrogen) atoms. The molecule has 0 unspecified atom stereocenters. The number of carbonyl (C=O) groups excluding carboxylic acids is 1. The van der Waals surface area contributed by atoms with E-state index < -0.39 is 10.8 Å². The molecule has 0 heterocycles. The van der Waals surface area contributed by atoms with Crippen molar-refractivity contribution in [2.75, 3.05) is 0 Å². The molecule has 0 saturated carbocycles. The third kappa shape index (κ3) is 3.76. The Hall–Kier alpha value is -2.47. The van der Waals surface area contributed by atoms with E-state index in [1.54, 1.807) is 0 Å². The molecule has 1 N–H and O–H groups in total. The first kappa shape index (κ1) is 14.9. The normalized spacial score (nSPS) is 10.2. The molecule has 7 heteroatoms. The predicted octanol–water partition coefficient (Wildman–Crippen LogP) is 3.32. The molecule has 2 aromatic carbocycles. The van der Waals surface area contributed by atoms with E-state index in [2.05, 4.69) is 5.32 Å². The first-order valence-corrected chi connectivity index (χ1v) is 6.32. The summed E-state index contributed by atoms with van der Waals surface area (Å²) in [6.45, 7) is 0.165. The lowest BCUT2D eigenvalue weighted by Crippen LogP contribution is -2.23. The van der Waals surface area contributed by atoms with Gasteiger partial charge >= 0.3 is 0 Å². The summed E-state index contributed by atoms with van der Waals surface area (Å²) in [5.74, 6) is -0.903. The maximum absolute atomic E-state index is 12.8. The summed E-state index contributed by atoms with van der Waals surface area (Å²) in [6.07, 6.45) is 0. The summed E-state index contributed by atoms with van der Waals surface area (Å²) in [5.41, 5.74) is 0.505. The number of non-ortho nitro benzene ring substituents is 1. The van der Waals surface area contributed by atoms with Crippen LogP contribution in [0.25, 0.3) is 0 Å².